The van der Waals surface area contributed by atoms with E-state index in [0.717, 1.165) is 0 Å². The second-order valence-corrected chi connectivity index (χ2v) is 11.3. The molecule has 110 valence electrons. The molecular weight excluding hydrogens is 259 g/mol. The average Bonchev–Trinajstić information content (AvgIpc) is 2.07. The molecule has 0 aromatic carbocycles. The minimum absolute atomic E-state index is 0.0824. The molecule has 0 bridgehead atoms. The summed E-state index contributed by atoms with van der Waals surface area (Å²) in [4.78, 5) is 0. The molecule has 0 radical (unpaired) electrons. The summed E-state index contributed by atoms with van der Waals surface area (Å²) < 4.78 is 44.1. The minimum atomic E-state index is -4.27. The number of hydrogen-bond acceptors (Lipinski definition) is 2. The van der Waals surface area contributed by atoms with Crippen molar-refractivity contribution in [3.05, 3.63) is 0 Å². The van der Waals surface area contributed by atoms with Gasteiger partial charge in [0.1, 0.15) is 6.04 Å². The summed E-state index contributed by atoms with van der Waals surface area (Å²) in [5.41, 5.74) is 0. The van der Waals surface area contributed by atoms with Crippen molar-refractivity contribution < 1.29 is 17.6 Å². The zero-order chi connectivity index (χ0) is 14.8. The van der Waals surface area contributed by atoms with E-state index >= 15 is 0 Å². The first kappa shape index (κ1) is 17.9. The fourth-order valence-corrected chi connectivity index (χ4v) is 2.16. The van der Waals surface area contributed by atoms with E-state index in [9.17, 15) is 13.2 Å². The van der Waals surface area contributed by atoms with Gasteiger partial charge >= 0.3 is 6.18 Å². The quantitative estimate of drug-likeness (QED) is 0.773. The molecule has 0 fully saturated rings. The Morgan fingerprint density at radius 1 is 1.11 bits per heavy atom. The normalized spacial score (nSPS) is 16.2. The van der Waals surface area contributed by atoms with E-state index in [1.807, 2.05) is 33.9 Å². The lowest BCUT2D eigenvalue weighted by molar-refractivity contribution is -0.164. The van der Waals surface area contributed by atoms with E-state index in [4.69, 9.17) is 4.43 Å². The Hall–Kier alpha value is -0.0731. The summed E-state index contributed by atoms with van der Waals surface area (Å²) in [6, 6.07) is -1.81. The summed E-state index contributed by atoms with van der Waals surface area (Å²) in [6.45, 7) is 13.0. The summed E-state index contributed by atoms with van der Waals surface area (Å²) in [5.74, 6) is 0. The van der Waals surface area contributed by atoms with Crippen LogP contribution in [0.1, 0.15) is 34.6 Å². The predicted molar refractivity (Wildman–Crippen MR) is 71.3 cm³/mol. The molecule has 0 aliphatic heterocycles. The lowest BCUT2D eigenvalue weighted by Crippen LogP contribution is -2.52. The molecule has 1 N–H and O–H groups in total. The average molecular weight is 285 g/mol. The highest BCUT2D eigenvalue weighted by molar-refractivity contribution is 6.74. The first-order chi connectivity index (χ1) is 7.77. The first-order valence-corrected chi connectivity index (χ1v) is 9.15. The molecular formula is C12H26F3NOSi. The van der Waals surface area contributed by atoms with Crippen LogP contribution in [0.25, 0.3) is 0 Å². The molecule has 0 aliphatic carbocycles. The van der Waals surface area contributed by atoms with Crippen LogP contribution in [-0.4, -0.2) is 33.2 Å². The Kier molecular flexibility index (Phi) is 5.90. The molecule has 0 rings (SSSR count). The van der Waals surface area contributed by atoms with Gasteiger partial charge in [-0.1, -0.05) is 34.6 Å². The molecule has 0 saturated heterocycles. The standard InChI is InChI=1S/C12H26F3NOSi/c1-9(2)16-10(12(13,14)15)8-17-18(6,7)11(3,4)5/h9-10,16H,8H2,1-7H3. The third-order valence-corrected chi connectivity index (χ3v) is 7.85. The van der Waals surface area contributed by atoms with Gasteiger partial charge in [0.05, 0.1) is 6.61 Å². The fraction of sp³-hybridized carbons (Fsp3) is 1.00. The van der Waals surface area contributed by atoms with Crippen molar-refractivity contribution in [1.82, 2.24) is 5.32 Å². The minimum Gasteiger partial charge on any atom is -0.415 e. The van der Waals surface area contributed by atoms with Gasteiger partial charge in [-0.15, -0.1) is 0 Å². The largest absolute Gasteiger partial charge is 0.415 e. The van der Waals surface area contributed by atoms with E-state index < -0.39 is 20.5 Å². The Bertz CT molecular complexity index is 259. The van der Waals surface area contributed by atoms with E-state index in [0.29, 0.717) is 0 Å². The van der Waals surface area contributed by atoms with Crippen molar-refractivity contribution in [2.24, 2.45) is 0 Å². The van der Waals surface area contributed by atoms with Gasteiger partial charge in [-0.2, -0.15) is 13.2 Å². The maximum Gasteiger partial charge on any atom is 0.406 e. The molecule has 0 aliphatic rings. The van der Waals surface area contributed by atoms with Crippen molar-refractivity contribution in [2.45, 2.75) is 71.0 Å². The van der Waals surface area contributed by atoms with Gasteiger partial charge in [0.2, 0.25) is 0 Å². The smallest absolute Gasteiger partial charge is 0.406 e. The van der Waals surface area contributed by atoms with Crippen LogP contribution in [0.4, 0.5) is 13.2 Å². The highest BCUT2D eigenvalue weighted by Crippen LogP contribution is 2.37. The van der Waals surface area contributed by atoms with Crippen LogP contribution in [-0.2, 0) is 4.43 Å². The maximum absolute atomic E-state index is 12.8. The molecule has 2 nitrogen and oxygen atoms in total. The van der Waals surface area contributed by atoms with Crippen molar-refractivity contribution >= 4 is 8.32 Å². The lowest BCUT2D eigenvalue weighted by Gasteiger charge is -2.37. The molecule has 0 heterocycles. The molecule has 0 amide bonds. The van der Waals surface area contributed by atoms with E-state index in [1.165, 1.54) is 0 Å². The van der Waals surface area contributed by atoms with Gasteiger partial charge < -0.3 is 9.74 Å². The SMILES string of the molecule is CC(C)NC(CO[Si](C)(C)C(C)(C)C)C(F)(F)F. The summed E-state index contributed by atoms with van der Waals surface area (Å²) >= 11 is 0. The third-order valence-electron chi connectivity index (χ3n) is 3.35. The Balaban J connectivity index is 4.63. The zero-order valence-electron chi connectivity index (χ0n) is 12.4. The summed E-state index contributed by atoms with van der Waals surface area (Å²) in [7, 11) is -2.14. The number of halogens is 3. The van der Waals surface area contributed by atoms with E-state index in [2.05, 4.69) is 5.32 Å². The van der Waals surface area contributed by atoms with Gasteiger partial charge in [-0.05, 0) is 18.1 Å². The first-order valence-electron chi connectivity index (χ1n) is 6.24. The molecule has 0 spiro atoms. The molecule has 1 unspecified atom stereocenters. The second kappa shape index (κ2) is 5.92. The molecule has 18 heavy (non-hydrogen) atoms. The number of alkyl halides is 3. The van der Waals surface area contributed by atoms with Crippen LogP contribution >= 0.6 is 0 Å². The Labute approximate surface area is 109 Å². The number of hydrogen-bond donors (Lipinski definition) is 1. The summed E-state index contributed by atoms with van der Waals surface area (Å²) in [6.07, 6.45) is -4.27. The van der Waals surface area contributed by atoms with Crippen LogP contribution < -0.4 is 5.32 Å². The Morgan fingerprint density at radius 3 is 1.83 bits per heavy atom. The molecule has 6 heteroatoms. The monoisotopic (exact) mass is 285 g/mol. The van der Waals surface area contributed by atoms with Gasteiger partial charge in [0, 0.05) is 6.04 Å². The van der Waals surface area contributed by atoms with Gasteiger partial charge in [-0.25, -0.2) is 0 Å². The third kappa shape index (κ3) is 5.71. The molecule has 0 saturated carbocycles. The summed E-state index contributed by atoms with van der Waals surface area (Å²) in [5, 5.41) is 2.43. The van der Waals surface area contributed by atoms with Crippen LogP contribution in [0.3, 0.4) is 0 Å². The number of nitrogens with one attached hydrogen (secondary N) is 1. The maximum atomic E-state index is 12.8. The highest BCUT2D eigenvalue weighted by atomic mass is 28.4. The molecule has 0 aromatic rings. The van der Waals surface area contributed by atoms with Gasteiger partial charge in [-0.3, -0.25) is 0 Å². The lowest BCUT2D eigenvalue weighted by atomic mass is 10.2. The topological polar surface area (TPSA) is 21.3 Å². The van der Waals surface area contributed by atoms with Crippen molar-refractivity contribution in [1.29, 1.82) is 0 Å². The van der Waals surface area contributed by atoms with Crippen molar-refractivity contribution in [3.63, 3.8) is 0 Å². The van der Waals surface area contributed by atoms with Crippen LogP contribution in [0.2, 0.25) is 18.1 Å². The van der Waals surface area contributed by atoms with Crippen LogP contribution in [0.5, 0.6) is 0 Å². The zero-order valence-corrected chi connectivity index (χ0v) is 13.4. The van der Waals surface area contributed by atoms with E-state index in [-0.39, 0.29) is 17.7 Å². The van der Waals surface area contributed by atoms with Gasteiger partial charge in [0.15, 0.2) is 8.32 Å². The van der Waals surface area contributed by atoms with Crippen LogP contribution in [0.15, 0.2) is 0 Å². The highest BCUT2D eigenvalue weighted by Gasteiger charge is 2.43. The second-order valence-electron chi connectivity index (χ2n) is 6.49. The molecule has 0 aromatic heterocycles. The van der Waals surface area contributed by atoms with Crippen molar-refractivity contribution in [3.8, 4) is 0 Å². The fourth-order valence-electron chi connectivity index (χ4n) is 1.15. The van der Waals surface area contributed by atoms with Crippen molar-refractivity contribution in [2.75, 3.05) is 6.61 Å². The Morgan fingerprint density at radius 2 is 1.56 bits per heavy atom. The van der Waals surface area contributed by atoms with Crippen LogP contribution in [0, 0.1) is 0 Å². The van der Waals surface area contributed by atoms with E-state index in [1.54, 1.807) is 13.8 Å². The van der Waals surface area contributed by atoms with Gasteiger partial charge in [0.25, 0.3) is 0 Å². The number of rotatable bonds is 5. The molecule has 1 atom stereocenters. The predicted octanol–water partition coefficient (Wildman–Crippen LogP) is 3.94.